The number of rotatable bonds is 5. The van der Waals surface area contributed by atoms with Crippen molar-refractivity contribution in [2.75, 3.05) is 60.0 Å². The van der Waals surface area contributed by atoms with Crippen molar-refractivity contribution in [1.82, 2.24) is 14.7 Å². The van der Waals surface area contributed by atoms with Crippen LogP contribution in [0.5, 0.6) is 5.75 Å². The normalized spacial score (nSPS) is 25.4. The number of hydrogen-bond acceptors (Lipinski definition) is 5. The fourth-order valence-electron chi connectivity index (χ4n) is 5.21. The Balaban J connectivity index is 1.24. The molecule has 1 unspecified atom stereocenters. The van der Waals surface area contributed by atoms with Gasteiger partial charge in [0.25, 0.3) is 0 Å². The van der Waals surface area contributed by atoms with E-state index in [1.165, 1.54) is 31.7 Å². The minimum absolute atomic E-state index is 0.0149. The number of amides is 1. The van der Waals surface area contributed by atoms with Gasteiger partial charge in [0, 0.05) is 58.3 Å². The van der Waals surface area contributed by atoms with Crippen LogP contribution in [0.2, 0.25) is 0 Å². The number of carbonyl (C=O) groups is 1. The van der Waals surface area contributed by atoms with Gasteiger partial charge in [-0.2, -0.15) is 0 Å². The van der Waals surface area contributed by atoms with Crippen LogP contribution in [-0.4, -0.2) is 92.3 Å². The molecule has 0 N–H and O–H groups in total. The van der Waals surface area contributed by atoms with E-state index in [1.54, 1.807) is 7.11 Å². The van der Waals surface area contributed by atoms with Crippen LogP contribution in [0.15, 0.2) is 24.3 Å². The van der Waals surface area contributed by atoms with E-state index < -0.39 is 0 Å². The molecule has 166 valence electrons. The Morgan fingerprint density at radius 2 is 1.80 bits per heavy atom. The van der Waals surface area contributed by atoms with Gasteiger partial charge in [-0.15, -0.1) is 0 Å². The highest BCUT2D eigenvalue weighted by Gasteiger charge is 2.42. The first kappa shape index (κ1) is 21.6. The van der Waals surface area contributed by atoms with Crippen molar-refractivity contribution in [3.63, 3.8) is 0 Å². The molecular formula is C24H37N3O3. The molecule has 1 spiro atoms. The molecule has 0 radical (unpaired) electrons. The number of piperidine rings is 1. The van der Waals surface area contributed by atoms with Crippen molar-refractivity contribution < 1.29 is 14.3 Å². The highest BCUT2D eigenvalue weighted by atomic mass is 16.5. The van der Waals surface area contributed by atoms with E-state index >= 15 is 0 Å². The van der Waals surface area contributed by atoms with E-state index in [2.05, 4.69) is 21.7 Å². The molecule has 1 aromatic rings. The van der Waals surface area contributed by atoms with Crippen molar-refractivity contribution in [2.24, 2.45) is 0 Å². The van der Waals surface area contributed by atoms with Crippen LogP contribution in [0.1, 0.15) is 37.7 Å². The zero-order chi connectivity index (χ0) is 21.0. The predicted molar refractivity (Wildman–Crippen MR) is 118 cm³/mol. The molecule has 3 saturated heterocycles. The third-order valence-corrected chi connectivity index (χ3v) is 7.34. The number of benzene rings is 1. The zero-order valence-corrected chi connectivity index (χ0v) is 18.6. The lowest BCUT2D eigenvalue weighted by Gasteiger charge is -2.49. The summed E-state index contributed by atoms with van der Waals surface area (Å²) < 4.78 is 11.5. The number of aryl methyl sites for hydroxylation is 1. The lowest BCUT2D eigenvalue weighted by molar-refractivity contribution is -0.150. The molecule has 4 rings (SSSR count). The van der Waals surface area contributed by atoms with E-state index in [0.29, 0.717) is 12.5 Å². The van der Waals surface area contributed by atoms with Gasteiger partial charge in [0.05, 0.1) is 12.7 Å². The summed E-state index contributed by atoms with van der Waals surface area (Å²) in [5, 5.41) is 0. The van der Waals surface area contributed by atoms with Crippen LogP contribution in [0.4, 0.5) is 0 Å². The average Bonchev–Trinajstić information content (AvgIpc) is 2.79. The Morgan fingerprint density at radius 3 is 2.47 bits per heavy atom. The van der Waals surface area contributed by atoms with E-state index in [4.69, 9.17) is 9.47 Å². The molecule has 1 amide bonds. The molecule has 6 nitrogen and oxygen atoms in total. The molecule has 3 aliphatic heterocycles. The van der Waals surface area contributed by atoms with Gasteiger partial charge in [0.1, 0.15) is 5.75 Å². The fourth-order valence-corrected chi connectivity index (χ4v) is 5.21. The number of nitrogens with zero attached hydrogens (tertiary/aromatic N) is 3. The van der Waals surface area contributed by atoms with Gasteiger partial charge in [-0.25, -0.2) is 0 Å². The van der Waals surface area contributed by atoms with Gasteiger partial charge in [-0.1, -0.05) is 12.1 Å². The third kappa shape index (κ3) is 5.16. The molecule has 3 aliphatic rings. The van der Waals surface area contributed by atoms with Gasteiger partial charge < -0.3 is 19.3 Å². The minimum Gasteiger partial charge on any atom is -0.497 e. The van der Waals surface area contributed by atoms with Gasteiger partial charge in [0.2, 0.25) is 5.91 Å². The van der Waals surface area contributed by atoms with Crippen LogP contribution < -0.4 is 4.74 Å². The van der Waals surface area contributed by atoms with Crippen LogP contribution in [0, 0.1) is 0 Å². The minimum atomic E-state index is -0.0149. The second kappa shape index (κ2) is 9.67. The first-order chi connectivity index (χ1) is 14.6. The average molecular weight is 416 g/mol. The van der Waals surface area contributed by atoms with Gasteiger partial charge in [-0.3, -0.25) is 9.69 Å². The van der Waals surface area contributed by atoms with Crippen molar-refractivity contribution in [3.05, 3.63) is 29.8 Å². The van der Waals surface area contributed by atoms with Crippen LogP contribution >= 0.6 is 0 Å². The summed E-state index contributed by atoms with van der Waals surface area (Å²) in [4.78, 5) is 19.9. The molecule has 0 bridgehead atoms. The van der Waals surface area contributed by atoms with Crippen LogP contribution in [-0.2, 0) is 16.0 Å². The van der Waals surface area contributed by atoms with Crippen molar-refractivity contribution in [1.29, 1.82) is 0 Å². The smallest absolute Gasteiger partial charge is 0.222 e. The summed E-state index contributed by atoms with van der Waals surface area (Å²) in [7, 11) is 3.88. The summed E-state index contributed by atoms with van der Waals surface area (Å²) >= 11 is 0. The standard InChI is InChI=1S/C24H37N3O3/c1-25-14-16-26(17-15-25)21-9-18-30-24(19-21)10-12-27(13-11-24)23(28)8-5-20-3-6-22(29-2)7-4-20/h3-4,6-7,21H,5,8-19H2,1-2H3. The van der Waals surface area contributed by atoms with Crippen molar-refractivity contribution in [2.45, 2.75) is 50.2 Å². The summed E-state index contributed by atoms with van der Waals surface area (Å²) in [6, 6.07) is 8.66. The van der Waals surface area contributed by atoms with Gasteiger partial charge in [0.15, 0.2) is 0 Å². The largest absolute Gasteiger partial charge is 0.497 e. The molecule has 3 heterocycles. The molecular weight excluding hydrogens is 378 g/mol. The number of ether oxygens (including phenoxy) is 2. The molecule has 0 saturated carbocycles. The van der Waals surface area contributed by atoms with Crippen LogP contribution in [0.25, 0.3) is 0 Å². The third-order valence-electron chi connectivity index (χ3n) is 7.34. The van der Waals surface area contributed by atoms with Crippen LogP contribution in [0.3, 0.4) is 0 Å². The second-order valence-corrected chi connectivity index (χ2v) is 9.25. The van der Waals surface area contributed by atoms with E-state index in [0.717, 1.165) is 57.6 Å². The first-order valence-electron chi connectivity index (χ1n) is 11.5. The lowest BCUT2D eigenvalue weighted by atomic mass is 9.81. The molecule has 1 aromatic carbocycles. The highest BCUT2D eigenvalue weighted by molar-refractivity contribution is 5.76. The van der Waals surface area contributed by atoms with E-state index in [9.17, 15) is 4.79 Å². The number of methoxy groups -OCH3 is 1. The molecule has 6 heteroatoms. The quantitative estimate of drug-likeness (QED) is 0.739. The summed E-state index contributed by atoms with van der Waals surface area (Å²) in [6.07, 6.45) is 5.59. The van der Waals surface area contributed by atoms with E-state index in [-0.39, 0.29) is 11.5 Å². The van der Waals surface area contributed by atoms with Crippen molar-refractivity contribution >= 4 is 5.91 Å². The second-order valence-electron chi connectivity index (χ2n) is 9.25. The predicted octanol–water partition coefficient (Wildman–Crippen LogP) is 2.42. The summed E-state index contributed by atoms with van der Waals surface area (Å²) in [5.41, 5.74) is 1.17. The number of piperazine rings is 1. The fraction of sp³-hybridized carbons (Fsp3) is 0.708. The summed E-state index contributed by atoms with van der Waals surface area (Å²) in [6.45, 7) is 7.21. The van der Waals surface area contributed by atoms with Gasteiger partial charge >= 0.3 is 0 Å². The highest BCUT2D eigenvalue weighted by Crippen LogP contribution is 2.37. The monoisotopic (exact) mass is 415 g/mol. The Morgan fingerprint density at radius 1 is 1.10 bits per heavy atom. The lowest BCUT2D eigenvalue weighted by Crippen LogP contribution is -2.57. The Hall–Kier alpha value is -1.63. The molecule has 1 atom stereocenters. The Kier molecular flexibility index (Phi) is 6.96. The molecule has 3 fully saturated rings. The number of likely N-dealkylation sites (N-methyl/N-ethyl adjacent to an activating group) is 1. The number of carbonyl (C=O) groups excluding carboxylic acids is 1. The molecule has 0 aromatic heterocycles. The SMILES string of the molecule is COc1ccc(CCC(=O)N2CCC3(CC2)CC(N2CCN(C)CC2)CCO3)cc1. The van der Waals surface area contributed by atoms with E-state index in [1.807, 2.05) is 24.3 Å². The zero-order valence-electron chi connectivity index (χ0n) is 18.6. The number of likely N-dealkylation sites (tertiary alicyclic amines) is 1. The maximum absolute atomic E-state index is 12.8. The maximum atomic E-state index is 12.8. The maximum Gasteiger partial charge on any atom is 0.222 e. The molecule has 30 heavy (non-hydrogen) atoms. The van der Waals surface area contributed by atoms with Crippen molar-refractivity contribution in [3.8, 4) is 5.75 Å². The Bertz CT molecular complexity index is 692. The molecule has 0 aliphatic carbocycles. The topological polar surface area (TPSA) is 45.2 Å². The summed E-state index contributed by atoms with van der Waals surface area (Å²) in [5.74, 6) is 1.13. The van der Waals surface area contributed by atoms with Gasteiger partial charge in [-0.05, 0) is 56.8 Å². The Labute approximate surface area is 181 Å². The first-order valence-corrected chi connectivity index (χ1v) is 11.5. The number of hydrogen-bond donors (Lipinski definition) is 0.